The SMILES string of the molecule is CCOCc1c(C)c(O)c(O)c(Br)c1-c1cc(O)c(O)c(Br)c1Br. The van der Waals surface area contributed by atoms with Gasteiger partial charge in [-0.2, -0.15) is 0 Å². The Morgan fingerprint density at radius 1 is 0.917 bits per heavy atom. The minimum Gasteiger partial charge on any atom is -0.504 e. The van der Waals surface area contributed by atoms with Gasteiger partial charge in [-0.15, -0.1) is 0 Å². The molecule has 5 nitrogen and oxygen atoms in total. The van der Waals surface area contributed by atoms with Gasteiger partial charge >= 0.3 is 0 Å². The molecule has 0 saturated carbocycles. The second-order valence-corrected chi connectivity index (χ2v) is 7.43. The third-order valence-corrected chi connectivity index (χ3v) is 6.54. The van der Waals surface area contributed by atoms with Crippen molar-refractivity contribution in [3.8, 4) is 34.1 Å². The fourth-order valence-corrected chi connectivity index (χ4v) is 3.87. The van der Waals surface area contributed by atoms with Crippen LogP contribution in [0, 0.1) is 6.92 Å². The topological polar surface area (TPSA) is 90.2 Å². The fourth-order valence-electron chi connectivity index (χ4n) is 2.31. The zero-order chi connectivity index (χ0) is 18.2. The van der Waals surface area contributed by atoms with E-state index in [0.717, 1.165) is 0 Å². The highest BCUT2D eigenvalue weighted by Gasteiger charge is 2.25. The summed E-state index contributed by atoms with van der Waals surface area (Å²) < 4.78 is 6.51. The normalized spacial score (nSPS) is 11.0. The van der Waals surface area contributed by atoms with E-state index in [1.807, 2.05) is 6.92 Å². The molecule has 0 amide bonds. The monoisotopic (exact) mass is 524 g/mol. The summed E-state index contributed by atoms with van der Waals surface area (Å²) in [6.07, 6.45) is 0. The number of hydrogen-bond donors (Lipinski definition) is 4. The molecule has 0 fully saturated rings. The second-order valence-electron chi connectivity index (χ2n) is 5.05. The van der Waals surface area contributed by atoms with E-state index >= 15 is 0 Å². The Morgan fingerprint density at radius 3 is 2.12 bits per heavy atom. The maximum absolute atomic E-state index is 10.2. The molecule has 24 heavy (non-hydrogen) atoms. The van der Waals surface area contributed by atoms with E-state index in [4.69, 9.17) is 4.74 Å². The smallest absolute Gasteiger partial charge is 0.173 e. The second kappa shape index (κ2) is 7.51. The van der Waals surface area contributed by atoms with Crippen molar-refractivity contribution in [3.05, 3.63) is 30.6 Å². The lowest BCUT2D eigenvalue weighted by molar-refractivity contribution is 0.133. The van der Waals surface area contributed by atoms with Crippen LogP contribution < -0.4 is 0 Å². The molecule has 4 N–H and O–H groups in total. The number of hydrogen-bond acceptors (Lipinski definition) is 5. The van der Waals surface area contributed by atoms with Gasteiger partial charge in [0, 0.05) is 27.8 Å². The van der Waals surface area contributed by atoms with Crippen LogP contribution in [-0.2, 0) is 11.3 Å². The number of phenolic OH excluding ortho intramolecular Hbond substituents is 4. The number of ether oxygens (including phenoxy) is 1. The van der Waals surface area contributed by atoms with Crippen molar-refractivity contribution < 1.29 is 25.2 Å². The maximum Gasteiger partial charge on any atom is 0.173 e. The standard InChI is InChI=1S/C16H15Br3O5/c1-3-24-5-8-6(2)14(21)16(23)12(18)10(8)7-4-9(20)15(22)13(19)11(7)17/h4,20-23H,3,5H2,1-2H3. The molecular weight excluding hydrogens is 512 g/mol. The van der Waals surface area contributed by atoms with Crippen LogP contribution in [-0.4, -0.2) is 27.0 Å². The molecular formula is C16H15Br3O5. The Bertz CT molecular complexity index is 806. The summed E-state index contributed by atoms with van der Waals surface area (Å²) in [6, 6.07) is 1.37. The third kappa shape index (κ3) is 3.24. The highest BCUT2D eigenvalue weighted by Crippen LogP contribution is 2.51. The Kier molecular flexibility index (Phi) is 6.06. The third-order valence-electron chi connectivity index (χ3n) is 3.64. The van der Waals surface area contributed by atoms with Crippen molar-refractivity contribution in [2.75, 3.05) is 6.61 Å². The summed E-state index contributed by atoms with van der Waals surface area (Å²) in [6.45, 7) is 4.20. The van der Waals surface area contributed by atoms with Crippen molar-refractivity contribution in [2.24, 2.45) is 0 Å². The molecule has 0 aliphatic rings. The predicted molar refractivity (Wildman–Crippen MR) is 102 cm³/mol. The molecule has 0 aliphatic carbocycles. The summed E-state index contributed by atoms with van der Waals surface area (Å²) in [5.74, 6) is -1.16. The Balaban J connectivity index is 2.88. The molecule has 0 heterocycles. The summed E-state index contributed by atoms with van der Waals surface area (Å²) in [5.41, 5.74) is 2.17. The number of halogens is 3. The van der Waals surface area contributed by atoms with Crippen LogP contribution in [0.15, 0.2) is 19.5 Å². The van der Waals surface area contributed by atoms with Gasteiger partial charge in [-0.1, -0.05) is 0 Å². The summed E-state index contributed by atoms with van der Waals surface area (Å²) in [5, 5.41) is 40.1. The molecule has 0 saturated heterocycles. The van der Waals surface area contributed by atoms with E-state index in [-0.39, 0.29) is 38.6 Å². The molecule has 0 aromatic heterocycles. The van der Waals surface area contributed by atoms with E-state index in [1.165, 1.54) is 6.07 Å². The van der Waals surface area contributed by atoms with E-state index in [9.17, 15) is 20.4 Å². The van der Waals surface area contributed by atoms with Gasteiger partial charge in [0.05, 0.1) is 15.6 Å². The van der Waals surface area contributed by atoms with Crippen LogP contribution in [0.5, 0.6) is 23.0 Å². The average molecular weight is 527 g/mol. The van der Waals surface area contributed by atoms with Gasteiger partial charge in [0.15, 0.2) is 23.0 Å². The maximum atomic E-state index is 10.2. The molecule has 0 unspecified atom stereocenters. The van der Waals surface area contributed by atoms with E-state index < -0.39 is 0 Å². The number of aromatic hydroxyl groups is 4. The van der Waals surface area contributed by atoms with Gasteiger partial charge in [0.1, 0.15) is 0 Å². The van der Waals surface area contributed by atoms with Crippen molar-refractivity contribution in [1.29, 1.82) is 0 Å². The zero-order valence-corrected chi connectivity index (χ0v) is 17.6. The highest BCUT2D eigenvalue weighted by molar-refractivity contribution is 9.13. The molecule has 0 spiro atoms. The number of phenols is 4. The van der Waals surface area contributed by atoms with Crippen molar-refractivity contribution in [3.63, 3.8) is 0 Å². The molecule has 0 aliphatic heterocycles. The molecule has 130 valence electrons. The van der Waals surface area contributed by atoms with E-state index in [2.05, 4.69) is 47.8 Å². The molecule has 8 heteroatoms. The van der Waals surface area contributed by atoms with Crippen molar-refractivity contribution in [2.45, 2.75) is 20.5 Å². The zero-order valence-electron chi connectivity index (χ0n) is 12.8. The lowest BCUT2D eigenvalue weighted by atomic mass is 9.94. The molecule has 2 aromatic rings. The van der Waals surface area contributed by atoms with Gasteiger partial charge in [-0.3, -0.25) is 0 Å². The number of rotatable bonds is 4. The Labute approximate surface area is 164 Å². The lowest BCUT2D eigenvalue weighted by Crippen LogP contribution is -2.01. The van der Waals surface area contributed by atoms with Crippen molar-refractivity contribution >= 4 is 47.8 Å². The Hall–Kier alpha value is -0.960. The van der Waals surface area contributed by atoms with Gasteiger partial charge in [0.25, 0.3) is 0 Å². The Morgan fingerprint density at radius 2 is 1.54 bits per heavy atom. The average Bonchev–Trinajstić information content (AvgIpc) is 2.56. The molecule has 2 rings (SSSR count). The van der Waals surface area contributed by atoms with Crippen LogP contribution in [0.1, 0.15) is 18.1 Å². The van der Waals surface area contributed by atoms with Crippen LogP contribution in [0.3, 0.4) is 0 Å². The predicted octanol–water partition coefficient (Wildman–Crippen LogP) is 5.31. The first-order valence-electron chi connectivity index (χ1n) is 6.93. The minimum atomic E-state index is -0.320. The largest absolute Gasteiger partial charge is 0.504 e. The van der Waals surface area contributed by atoms with Gasteiger partial charge in [-0.05, 0) is 73.3 Å². The highest BCUT2D eigenvalue weighted by atomic mass is 79.9. The number of benzene rings is 2. The van der Waals surface area contributed by atoms with Gasteiger partial charge in [0.2, 0.25) is 0 Å². The van der Waals surface area contributed by atoms with Gasteiger partial charge in [-0.25, -0.2) is 0 Å². The summed E-state index contributed by atoms with van der Waals surface area (Å²) in [7, 11) is 0. The molecule has 0 atom stereocenters. The van der Waals surface area contributed by atoms with Crippen LogP contribution in [0.25, 0.3) is 11.1 Å². The van der Waals surface area contributed by atoms with Gasteiger partial charge < -0.3 is 25.2 Å². The first kappa shape index (κ1) is 19.4. The minimum absolute atomic E-state index is 0.204. The van der Waals surface area contributed by atoms with Crippen LogP contribution in [0.4, 0.5) is 0 Å². The summed E-state index contributed by atoms with van der Waals surface area (Å²) >= 11 is 9.90. The molecule has 0 radical (unpaired) electrons. The van der Waals surface area contributed by atoms with Crippen molar-refractivity contribution in [1.82, 2.24) is 0 Å². The molecule has 0 bridgehead atoms. The quantitative estimate of drug-likeness (QED) is 0.405. The van der Waals surface area contributed by atoms with Crippen LogP contribution >= 0.6 is 47.8 Å². The first-order valence-corrected chi connectivity index (χ1v) is 9.31. The van der Waals surface area contributed by atoms with Crippen LogP contribution in [0.2, 0.25) is 0 Å². The molecule has 2 aromatic carbocycles. The lowest BCUT2D eigenvalue weighted by Gasteiger charge is -2.20. The van der Waals surface area contributed by atoms with E-state index in [1.54, 1.807) is 6.92 Å². The fraction of sp³-hybridized carbons (Fsp3) is 0.250. The first-order chi connectivity index (χ1) is 11.2. The summed E-state index contributed by atoms with van der Waals surface area (Å²) in [4.78, 5) is 0. The van der Waals surface area contributed by atoms with E-state index in [0.29, 0.717) is 33.3 Å².